The molecule has 100 valence electrons. The number of carbonyl (C=O) groups is 1. The first-order valence-corrected chi connectivity index (χ1v) is 6.74. The van der Waals surface area contributed by atoms with E-state index >= 15 is 0 Å². The second-order valence-electron chi connectivity index (χ2n) is 5.21. The molecule has 3 unspecified atom stereocenters. The molecule has 2 amide bonds. The molecule has 4 nitrogen and oxygen atoms in total. The van der Waals surface area contributed by atoms with Crippen LogP contribution in [0.25, 0.3) is 0 Å². The number of nitrogens with zero attached hydrogens (tertiary/aromatic N) is 1. The highest BCUT2D eigenvalue weighted by atomic mass is 16.3. The van der Waals surface area contributed by atoms with Gasteiger partial charge in [0.05, 0.1) is 6.10 Å². The Morgan fingerprint density at radius 3 is 2.82 bits per heavy atom. The zero-order valence-electron chi connectivity index (χ0n) is 11.3. The first-order chi connectivity index (χ1) is 8.04. The summed E-state index contributed by atoms with van der Waals surface area (Å²) >= 11 is 0. The topological polar surface area (TPSA) is 52.6 Å². The molecule has 1 aliphatic carbocycles. The maximum atomic E-state index is 11.9. The van der Waals surface area contributed by atoms with E-state index in [1.165, 1.54) is 12.8 Å². The second-order valence-corrected chi connectivity index (χ2v) is 5.21. The van der Waals surface area contributed by atoms with Gasteiger partial charge in [0.1, 0.15) is 0 Å². The summed E-state index contributed by atoms with van der Waals surface area (Å²) in [5, 5.41) is 12.3. The lowest BCUT2D eigenvalue weighted by Crippen LogP contribution is -2.45. The Morgan fingerprint density at radius 1 is 1.53 bits per heavy atom. The molecule has 1 fully saturated rings. The van der Waals surface area contributed by atoms with Crippen LogP contribution in [0.15, 0.2) is 0 Å². The van der Waals surface area contributed by atoms with Gasteiger partial charge in [-0.05, 0) is 32.1 Å². The minimum absolute atomic E-state index is 0.00370. The van der Waals surface area contributed by atoms with E-state index in [-0.39, 0.29) is 12.1 Å². The van der Waals surface area contributed by atoms with Crippen molar-refractivity contribution in [3.8, 4) is 0 Å². The summed E-state index contributed by atoms with van der Waals surface area (Å²) < 4.78 is 0. The number of aliphatic hydroxyl groups is 1. The van der Waals surface area contributed by atoms with E-state index in [1.54, 1.807) is 18.9 Å². The lowest BCUT2D eigenvalue weighted by molar-refractivity contribution is 0.161. The maximum absolute atomic E-state index is 11.9. The van der Waals surface area contributed by atoms with Crippen molar-refractivity contribution in [2.24, 2.45) is 5.92 Å². The number of nitrogens with one attached hydrogen (secondary N) is 1. The molecule has 0 aromatic carbocycles. The number of carbonyl (C=O) groups excluding carboxylic acids is 1. The van der Waals surface area contributed by atoms with Crippen LogP contribution in [0.4, 0.5) is 4.79 Å². The van der Waals surface area contributed by atoms with Crippen molar-refractivity contribution < 1.29 is 9.90 Å². The zero-order valence-corrected chi connectivity index (χ0v) is 11.3. The third kappa shape index (κ3) is 4.54. The van der Waals surface area contributed by atoms with Gasteiger partial charge in [-0.25, -0.2) is 4.79 Å². The minimum Gasteiger partial charge on any atom is -0.393 e. The van der Waals surface area contributed by atoms with Gasteiger partial charge in [0.25, 0.3) is 0 Å². The Morgan fingerprint density at radius 2 is 2.24 bits per heavy atom. The molecule has 0 spiro atoms. The van der Waals surface area contributed by atoms with Gasteiger partial charge in [0.15, 0.2) is 0 Å². The third-order valence-electron chi connectivity index (χ3n) is 3.72. The van der Waals surface area contributed by atoms with E-state index in [0.717, 1.165) is 12.8 Å². The monoisotopic (exact) mass is 242 g/mol. The largest absolute Gasteiger partial charge is 0.393 e. The summed E-state index contributed by atoms with van der Waals surface area (Å²) in [6.07, 6.45) is 4.99. The molecule has 4 heteroatoms. The van der Waals surface area contributed by atoms with Crippen LogP contribution in [0.3, 0.4) is 0 Å². The van der Waals surface area contributed by atoms with Gasteiger partial charge in [-0.3, -0.25) is 0 Å². The lowest BCUT2D eigenvalue weighted by atomic mass is 10.0. The second kappa shape index (κ2) is 6.84. The molecule has 0 heterocycles. The molecular formula is C13H26N2O2. The molecule has 0 aliphatic heterocycles. The summed E-state index contributed by atoms with van der Waals surface area (Å²) in [7, 11) is 1.79. The quantitative estimate of drug-likeness (QED) is 0.774. The first-order valence-electron chi connectivity index (χ1n) is 6.74. The van der Waals surface area contributed by atoms with Crippen molar-refractivity contribution in [2.75, 3.05) is 13.6 Å². The number of amides is 2. The van der Waals surface area contributed by atoms with Crippen LogP contribution >= 0.6 is 0 Å². The fourth-order valence-corrected chi connectivity index (χ4v) is 2.47. The predicted octanol–water partition coefficient (Wildman–Crippen LogP) is 1.98. The van der Waals surface area contributed by atoms with Crippen molar-refractivity contribution in [3.05, 3.63) is 0 Å². The lowest BCUT2D eigenvalue weighted by Gasteiger charge is -2.24. The van der Waals surface area contributed by atoms with E-state index < -0.39 is 0 Å². The van der Waals surface area contributed by atoms with E-state index in [4.69, 9.17) is 0 Å². The Kier molecular flexibility index (Phi) is 5.75. The van der Waals surface area contributed by atoms with Crippen LogP contribution in [-0.4, -0.2) is 41.8 Å². The van der Waals surface area contributed by atoms with Crippen molar-refractivity contribution in [1.29, 1.82) is 0 Å². The zero-order chi connectivity index (χ0) is 12.8. The molecule has 1 saturated carbocycles. The molecule has 2 N–H and O–H groups in total. The van der Waals surface area contributed by atoms with Gasteiger partial charge in [-0.2, -0.15) is 0 Å². The Bertz CT molecular complexity index is 244. The summed E-state index contributed by atoms with van der Waals surface area (Å²) in [6, 6.07) is 0.345. The van der Waals surface area contributed by atoms with Crippen molar-refractivity contribution in [2.45, 2.75) is 58.1 Å². The molecule has 0 aromatic heterocycles. The van der Waals surface area contributed by atoms with E-state index in [9.17, 15) is 9.90 Å². The summed E-state index contributed by atoms with van der Waals surface area (Å²) in [5.41, 5.74) is 0. The molecule has 0 bridgehead atoms. The highest BCUT2D eigenvalue weighted by molar-refractivity contribution is 5.74. The van der Waals surface area contributed by atoms with Gasteiger partial charge in [0, 0.05) is 19.6 Å². The molecule has 0 aromatic rings. The molecule has 17 heavy (non-hydrogen) atoms. The maximum Gasteiger partial charge on any atom is 0.317 e. The Hall–Kier alpha value is -0.770. The van der Waals surface area contributed by atoms with Crippen LogP contribution in [-0.2, 0) is 0 Å². The predicted molar refractivity (Wildman–Crippen MR) is 68.9 cm³/mol. The van der Waals surface area contributed by atoms with Crippen LogP contribution in [0.1, 0.15) is 46.0 Å². The van der Waals surface area contributed by atoms with Gasteiger partial charge in [0.2, 0.25) is 0 Å². The first kappa shape index (κ1) is 14.3. The van der Waals surface area contributed by atoms with Gasteiger partial charge < -0.3 is 15.3 Å². The summed E-state index contributed by atoms with van der Waals surface area (Å²) in [4.78, 5) is 13.6. The van der Waals surface area contributed by atoms with Crippen molar-refractivity contribution in [1.82, 2.24) is 10.2 Å². The number of hydrogen-bond donors (Lipinski definition) is 2. The fourth-order valence-electron chi connectivity index (χ4n) is 2.47. The van der Waals surface area contributed by atoms with Gasteiger partial charge in [-0.15, -0.1) is 0 Å². The summed E-state index contributed by atoms with van der Waals surface area (Å²) in [6.45, 7) is 4.54. The van der Waals surface area contributed by atoms with Crippen molar-refractivity contribution in [3.63, 3.8) is 0 Å². The minimum atomic E-state index is -0.347. The number of rotatable bonds is 5. The normalized spacial score (nSPS) is 25.6. The van der Waals surface area contributed by atoms with Gasteiger partial charge in [-0.1, -0.05) is 19.8 Å². The molecule has 3 atom stereocenters. The number of aliphatic hydroxyl groups excluding tert-OH is 1. The smallest absolute Gasteiger partial charge is 0.317 e. The highest BCUT2D eigenvalue weighted by Crippen LogP contribution is 2.28. The molecule has 1 rings (SSSR count). The van der Waals surface area contributed by atoms with Crippen LogP contribution < -0.4 is 5.32 Å². The van der Waals surface area contributed by atoms with E-state index in [2.05, 4.69) is 12.2 Å². The number of urea groups is 1. The average molecular weight is 242 g/mol. The third-order valence-corrected chi connectivity index (χ3v) is 3.72. The van der Waals surface area contributed by atoms with Gasteiger partial charge >= 0.3 is 6.03 Å². The molecule has 1 aliphatic rings. The summed E-state index contributed by atoms with van der Waals surface area (Å²) in [5.74, 6) is 0.643. The van der Waals surface area contributed by atoms with E-state index in [0.29, 0.717) is 24.9 Å². The van der Waals surface area contributed by atoms with Crippen LogP contribution in [0.2, 0.25) is 0 Å². The van der Waals surface area contributed by atoms with Crippen LogP contribution in [0.5, 0.6) is 0 Å². The standard InChI is InChI=1S/C13H26N2O2/c1-4-11-6-5-7-12(11)14-13(17)15(3)9-8-10(2)16/h10-12,16H,4-9H2,1-3H3,(H,14,17). The Labute approximate surface area is 104 Å². The average Bonchev–Trinajstić information content (AvgIpc) is 2.72. The SMILES string of the molecule is CCC1CCCC1NC(=O)N(C)CCC(C)O. The van der Waals surface area contributed by atoms with E-state index in [1.807, 2.05) is 0 Å². The van der Waals surface area contributed by atoms with Crippen LogP contribution in [0, 0.1) is 5.92 Å². The van der Waals surface area contributed by atoms with Crippen molar-refractivity contribution >= 4 is 6.03 Å². The Balaban J connectivity index is 2.32. The fraction of sp³-hybridized carbons (Fsp3) is 0.923. The molecular weight excluding hydrogens is 216 g/mol. The number of hydrogen-bond acceptors (Lipinski definition) is 2. The molecule has 0 radical (unpaired) electrons. The highest BCUT2D eigenvalue weighted by Gasteiger charge is 2.27. The molecule has 0 saturated heterocycles.